The quantitative estimate of drug-likeness (QED) is 0.700. The van der Waals surface area contributed by atoms with Crippen molar-refractivity contribution in [1.29, 1.82) is 0 Å². The van der Waals surface area contributed by atoms with Gasteiger partial charge in [0.2, 0.25) is 0 Å². The summed E-state index contributed by atoms with van der Waals surface area (Å²) < 4.78 is 0. The fourth-order valence-electron chi connectivity index (χ4n) is 9.27. The van der Waals surface area contributed by atoms with Crippen LogP contribution < -0.4 is 11.1 Å². The second-order valence-electron chi connectivity index (χ2n) is 11.5. The SMILES string of the molecule is C[C@]12CC3(C(=S)NC4CCC(N)CC4)CC4CC1(C3)[C@](c1ccccc1)(C4)C2. The molecule has 150 valence electrons. The van der Waals surface area contributed by atoms with E-state index in [1.165, 1.54) is 56.4 Å². The Bertz CT molecular complexity index is 815. The van der Waals surface area contributed by atoms with Crippen LogP contribution in [0.4, 0.5) is 0 Å². The summed E-state index contributed by atoms with van der Waals surface area (Å²) in [5, 5.41) is 3.88. The summed E-state index contributed by atoms with van der Waals surface area (Å²) in [6, 6.07) is 12.5. The summed E-state index contributed by atoms with van der Waals surface area (Å²) in [4.78, 5) is 1.22. The van der Waals surface area contributed by atoms with Crippen molar-refractivity contribution in [2.45, 2.75) is 88.6 Å². The Morgan fingerprint density at radius 1 is 1.00 bits per heavy atom. The van der Waals surface area contributed by atoms with Gasteiger partial charge in [0.05, 0.1) is 4.99 Å². The van der Waals surface area contributed by atoms with Crippen molar-refractivity contribution in [3.05, 3.63) is 35.9 Å². The van der Waals surface area contributed by atoms with Crippen LogP contribution in [0, 0.1) is 22.2 Å². The number of thiocarbonyl (C=S) groups is 1. The Morgan fingerprint density at radius 2 is 1.75 bits per heavy atom. The molecule has 5 fully saturated rings. The van der Waals surface area contributed by atoms with Gasteiger partial charge < -0.3 is 11.1 Å². The molecular formula is C25H34N2S. The maximum absolute atomic E-state index is 6.18. The molecule has 3 bridgehead atoms. The van der Waals surface area contributed by atoms with Gasteiger partial charge in [-0.3, -0.25) is 0 Å². The van der Waals surface area contributed by atoms with Gasteiger partial charge in [0, 0.05) is 22.9 Å². The second kappa shape index (κ2) is 5.60. The van der Waals surface area contributed by atoms with Gasteiger partial charge in [-0.15, -0.1) is 0 Å². The van der Waals surface area contributed by atoms with Gasteiger partial charge in [-0.05, 0) is 86.5 Å². The minimum atomic E-state index is 0.263. The highest BCUT2D eigenvalue weighted by atomic mass is 32.1. The molecule has 0 radical (unpaired) electrons. The van der Waals surface area contributed by atoms with E-state index in [2.05, 4.69) is 42.6 Å². The lowest BCUT2D eigenvalue weighted by molar-refractivity contribution is -0.115. The first-order valence-corrected chi connectivity index (χ1v) is 11.9. The van der Waals surface area contributed by atoms with Crippen molar-refractivity contribution in [3.63, 3.8) is 0 Å². The Balaban J connectivity index is 1.31. The molecule has 0 heterocycles. The molecule has 5 aliphatic carbocycles. The van der Waals surface area contributed by atoms with Crippen molar-refractivity contribution in [1.82, 2.24) is 5.32 Å². The molecule has 0 amide bonds. The van der Waals surface area contributed by atoms with Crippen LogP contribution in [0.2, 0.25) is 0 Å². The highest BCUT2D eigenvalue weighted by Gasteiger charge is 2.83. The lowest BCUT2D eigenvalue weighted by Crippen LogP contribution is -2.61. The average molecular weight is 395 g/mol. The first-order chi connectivity index (χ1) is 13.4. The van der Waals surface area contributed by atoms with Gasteiger partial charge in [-0.2, -0.15) is 0 Å². The first-order valence-electron chi connectivity index (χ1n) is 11.5. The maximum atomic E-state index is 6.18. The third kappa shape index (κ3) is 2.06. The number of nitrogens with one attached hydrogen (secondary N) is 1. The van der Waals surface area contributed by atoms with Gasteiger partial charge >= 0.3 is 0 Å². The highest BCUT2D eigenvalue weighted by Crippen LogP contribution is 2.88. The minimum Gasteiger partial charge on any atom is -0.376 e. The zero-order chi connectivity index (χ0) is 19.2. The lowest BCUT2D eigenvalue weighted by Gasteiger charge is -2.66. The monoisotopic (exact) mass is 394 g/mol. The molecule has 3 heteroatoms. The number of rotatable bonds is 3. The fourth-order valence-corrected chi connectivity index (χ4v) is 9.66. The fraction of sp³-hybridized carbons (Fsp3) is 0.720. The van der Waals surface area contributed by atoms with Crippen molar-refractivity contribution in [2.24, 2.45) is 27.9 Å². The number of fused-ring (bicyclic) bond motifs is 2. The van der Waals surface area contributed by atoms with E-state index in [0.717, 1.165) is 18.8 Å². The van der Waals surface area contributed by atoms with Crippen LogP contribution in [0.25, 0.3) is 0 Å². The van der Waals surface area contributed by atoms with E-state index in [1.807, 2.05) is 0 Å². The van der Waals surface area contributed by atoms with E-state index in [1.54, 1.807) is 5.56 Å². The third-order valence-electron chi connectivity index (χ3n) is 10.0. The van der Waals surface area contributed by atoms with Crippen LogP contribution in [0.5, 0.6) is 0 Å². The van der Waals surface area contributed by atoms with Crippen LogP contribution in [0.15, 0.2) is 30.3 Å². The molecule has 1 aromatic rings. The third-order valence-corrected chi connectivity index (χ3v) is 10.6. The number of hydrogen-bond acceptors (Lipinski definition) is 2. The summed E-state index contributed by atoms with van der Waals surface area (Å²) in [7, 11) is 0. The Morgan fingerprint density at radius 3 is 2.50 bits per heavy atom. The van der Waals surface area contributed by atoms with E-state index in [4.69, 9.17) is 18.0 Å². The van der Waals surface area contributed by atoms with Gasteiger partial charge in [0.1, 0.15) is 0 Å². The van der Waals surface area contributed by atoms with Crippen molar-refractivity contribution >= 4 is 17.2 Å². The van der Waals surface area contributed by atoms with Gasteiger partial charge in [-0.25, -0.2) is 0 Å². The maximum Gasteiger partial charge on any atom is 0.0818 e. The zero-order valence-corrected chi connectivity index (χ0v) is 18.0. The molecule has 5 atom stereocenters. The standard InChI is InChI=1S/C25H34N2S/c1-22-14-23(21(28)27-20-9-7-19(26)8-10-20)11-17-12-24(15-22,25(22,13-17)16-23)18-5-3-2-4-6-18/h2-6,17,19-20H,7-16,26H2,1H3,(H,27,28)/t17?,19?,20?,22-,23?,24-,25?/m1/s1. The minimum absolute atomic E-state index is 0.263. The van der Waals surface area contributed by atoms with Gasteiger partial charge in [-0.1, -0.05) is 49.5 Å². The molecule has 28 heavy (non-hydrogen) atoms. The Hall–Kier alpha value is -0.930. The van der Waals surface area contributed by atoms with Gasteiger partial charge in [0.25, 0.3) is 0 Å². The molecule has 0 saturated heterocycles. The first kappa shape index (κ1) is 17.9. The van der Waals surface area contributed by atoms with E-state index in [9.17, 15) is 0 Å². The van der Waals surface area contributed by atoms with Crippen molar-refractivity contribution in [2.75, 3.05) is 0 Å². The lowest BCUT2D eigenvalue weighted by atomic mass is 9.38. The second-order valence-corrected chi connectivity index (χ2v) is 11.9. The van der Waals surface area contributed by atoms with E-state index < -0.39 is 0 Å². The molecule has 0 aromatic heterocycles. The molecule has 2 nitrogen and oxygen atoms in total. The normalized spacial score (nSPS) is 50.9. The van der Waals surface area contributed by atoms with Gasteiger partial charge in [0.15, 0.2) is 0 Å². The molecule has 3 N–H and O–H groups in total. The summed E-state index contributed by atoms with van der Waals surface area (Å²) >= 11 is 6.18. The average Bonchev–Trinajstić information content (AvgIpc) is 2.97. The van der Waals surface area contributed by atoms with Crippen LogP contribution in [-0.2, 0) is 5.41 Å². The molecule has 1 aromatic carbocycles. The molecule has 1 spiro atoms. The number of benzene rings is 1. The van der Waals surface area contributed by atoms with Crippen molar-refractivity contribution < 1.29 is 0 Å². The predicted octanol–water partition coefficient (Wildman–Crippen LogP) is 5.10. The van der Waals surface area contributed by atoms with Crippen LogP contribution in [0.3, 0.4) is 0 Å². The van der Waals surface area contributed by atoms with Crippen LogP contribution in [-0.4, -0.2) is 17.1 Å². The van der Waals surface area contributed by atoms with E-state index >= 15 is 0 Å². The summed E-state index contributed by atoms with van der Waals surface area (Å²) in [6.07, 6.45) is 12.9. The summed E-state index contributed by atoms with van der Waals surface area (Å²) in [5.74, 6) is 0.859. The Kier molecular flexibility index (Phi) is 3.58. The molecule has 0 aliphatic heterocycles. The predicted molar refractivity (Wildman–Crippen MR) is 118 cm³/mol. The van der Waals surface area contributed by atoms with E-state index in [-0.39, 0.29) is 5.41 Å². The molecule has 3 unspecified atom stereocenters. The summed E-state index contributed by atoms with van der Waals surface area (Å²) in [5.41, 5.74) is 9.41. The smallest absolute Gasteiger partial charge is 0.0818 e. The summed E-state index contributed by atoms with van der Waals surface area (Å²) in [6.45, 7) is 2.60. The Labute approximate surface area is 175 Å². The topological polar surface area (TPSA) is 38.0 Å². The molecule has 5 saturated carbocycles. The molecule has 6 rings (SSSR count). The number of nitrogens with two attached hydrogens (primary N) is 1. The largest absolute Gasteiger partial charge is 0.376 e. The van der Waals surface area contributed by atoms with Crippen LogP contribution in [0.1, 0.15) is 76.7 Å². The van der Waals surface area contributed by atoms with E-state index in [0.29, 0.717) is 28.3 Å². The highest BCUT2D eigenvalue weighted by molar-refractivity contribution is 7.80. The zero-order valence-electron chi connectivity index (χ0n) is 17.2. The molecular weight excluding hydrogens is 360 g/mol. The molecule has 5 aliphatic rings. The number of hydrogen-bond donors (Lipinski definition) is 2. The van der Waals surface area contributed by atoms with Crippen molar-refractivity contribution in [3.8, 4) is 0 Å². The van der Waals surface area contributed by atoms with Crippen LogP contribution >= 0.6 is 12.2 Å².